The number of aliphatic hydroxyl groups excluding tert-OH is 2. The van der Waals surface area contributed by atoms with Gasteiger partial charge in [0.25, 0.3) is 0 Å². The van der Waals surface area contributed by atoms with Crippen LogP contribution in [0.5, 0.6) is 0 Å². The minimum Gasteiger partial charge on any atom is -0.394 e. The van der Waals surface area contributed by atoms with Gasteiger partial charge in [0.1, 0.15) is 23.1 Å². The molecule has 2 aromatic carbocycles. The van der Waals surface area contributed by atoms with E-state index in [4.69, 9.17) is 10.2 Å². The van der Waals surface area contributed by atoms with Crippen molar-refractivity contribution in [1.82, 2.24) is 5.32 Å². The highest BCUT2D eigenvalue weighted by atomic mass is 16.3. The summed E-state index contributed by atoms with van der Waals surface area (Å²) < 4.78 is 0. The average Bonchev–Trinajstić information content (AvgIpc) is 3.42. The summed E-state index contributed by atoms with van der Waals surface area (Å²) in [6.07, 6.45) is 13.2. The van der Waals surface area contributed by atoms with E-state index >= 15 is 0 Å². The Bertz CT molecular complexity index is 1370. The SMILES string of the molecule is C.C.C.C.C=C(C)C(C)=O.CC.CC.CC.CC.CCC.CCC(=O)C1CCCCC1.CCC(=O)CC.CCC(=O)CCNc1ccccc1.CCC(=O)c1ccccc1.CCCC(O)CO.CCNCCC(C)=O. The van der Waals surface area contributed by atoms with Crippen LogP contribution >= 0.6 is 0 Å². The van der Waals surface area contributed by atoms with Gasteiger partial charge in [-0.1, -0.05) is 235 Å². The lowest BCUT2D eigenvalue weighted by atomic mass is 9.85. The van der Waals surface area contributed by atoms with E-state index in [0.717, 1.165) is 56.6 Å². The number of aliphatic hydroxyl groups is 2. The number of hydrogen-bond acceptors (Lipinski definition) is 10. The summed E-state index contributed by atoms with van der Waals surface area (Å²) in [4.78, 5) is 63.6. The second kappa shape index (κ2) is 92.5. The average molecular weight is 1070 g/mol. The van der Waals surface area contributed by atoms with Gasteiger partial charge in [-0.3, -0.25) is 28.8 Å². The second-order valence-electron chi connectivity index (χ2n) is 15.0. The number of Topliss-reactive ketones (excluding diaryl/α,β-unsaturated/α-hetero) is 6. The van der Waals surface area contributed by atoms with Gasteiger partial charge in [0.15, 0.2) is 11.6 Å². The number of rotatable bonds is 19. The van der Waals surface area contributed by atoms with E-state index in [0.29, 0.717) is 73.8 Å². The quantitative estimate of drug-likeness (QED) is 0.0604. The molecule has 1 fully saturated rings. The van der Waals surface area contributed by atoms with Crippen LogP contribution in [0.15, 0.2) is 72.8 Å². The molecule has 0 bridgehead atoms. The smallest absolute Gasteiger partial charge is 0.162 e. The van der Waals surface area contributed by atoms with Gasteiger partial charge >= 0.3 is 0 Å². The fraction of sp³-hybridized carbons (Fsp3) is 0.692. The number of benzene rings is 2. The molecule has 0 heterocycles. The van der Waals surface area contributed by atoms with Crippen molar-refractivity contribution in [2.75, 3.05) is 31.6 Å². The highest BCUT2D eigenvalue weighted by molar-refractivity contribution is 5.95. The highest BCUT2D eigenvalue weighted by Crippen LogP contribution is 2.24. The summed E-state index contributed by atoms with van der Waals surface area (Å²) >= 11 is 0. The molecule has 0 spiro atoms. The van der Waals surface area contributed by atoms with Crippen molar-refractivity contribution in [3.63, 3.8) is 0 Å². The lowest BCUT2D eigenvalue weighted by Gasteiger charge is -2.19. The molecule has 75 heavy (non-hydrogen) atoms. The van der Waals surface area contributed by atoms with Crippen LogP contribution in [0.2, 0.25) is 0 Å². The van der Waals surface area contributed by atoms with Gasteiger partial charge in [-0.25, -0.2) is 0 Å². The topological polar surface area (TPSA) is 167 Å². The maximum Gasteiger partial charge on any atom is 0.162 e. The van der Waals surface area contributed by atoms with Crippen molar-refractivity contribution in [3.8, 4) is 0 Å². The van der Waals surface area contributed by atoms with Gasteiger partial charge < -0.3 is 20.8 Å². The van der Waals surface area contributed by atoms with Crippen molar-refractivity contribution in [1.29, 1.82) is 0 Å². The number of carbonyl (C=O) groups is 6. The van der Waals surface area contributed by atoms with Crippen molar-refractivity contribution in [2.24, 2.45) is 5.92 Å². The predicted octanol–water partition coefficient (Wildman–Crippen LogP) is 18.6. The number of nitrogens with one attached hydrogen (secondary N) is 2. The lowest BCUT2D eigenvalue weighted by Crippen LogP contribution is -2.16. The number of para-hydroxylation sites is 1. The van der Waals surface area contributed by atoms with E-state index in [1.807, 2.05) is 165 Å². The first-order chi connectivity index (χ1) is 34.0. The number of ketones is 6. The molecule has 0 saturated heterocycles. The normalized spacial score (nSPS) is 9.84. The molecule has 0 amide bonds. The van der Waals surface area contributed by atoms with E-state index in [2.05, 4.69) is 31.1 Å². The van der Waals surface area contributed by atoms with E-state index in [1.165, 1.54) is 32.6 Å². The molecule has 1 atom stereocenters. The zero-order valence-electron chi connectivity index (χ0n) is 49.9. The largest absolute Gasteiger partial charge is 0.394 e. The van der Waals surface area contributed by atoms with E-state index in [-0.39, 0.29) is 53.7 Å². The summed E-state index contributed by atoms with van der Waals surface area (Å²) in [6.45, 7) is 44.4. The number of carbonyl (C=O) groups excluding carboxylic acids is 6. The van der Waals surface area contributed by atoms with Crippen LogP contribution in [0.3, 0.4) is 0 Å². The summed E-state index contributed by atoms with van der Waals surface area (Å²) in [5, 5.41) is 23.1. The highest BCUT2D eigenvalue weighted by Gasteiger charge is 2.18. The van der Waals surface area contributed by atoms with Gasteiger partial charge in [-0.15, -0.1) is 0 Å². The molecular weight excluding hydrogens is 937 g/mol. The first-order valence-electron chi connectivity index (χ1n) is 27.5. The minimum atomic E-state index is -0.495. The zero-order chi connectivity index (χ0) is 57.3. The molecule has 3 rings (SSSR count). The van der Waals surface area contributed by atoms with Gasteiger partial charge in [0.2, 0.25) is 0 Å². The Kier molecular flexibility index (Phi) is 127. The third-order valence-corrected chi connectivity index (χ3v) is 8.85. The van der Waals surface area contributed by atoms with Crippen LogP contribution in [0.1, 0.15) is 275 Å². The third kappa shape index (κ3) is 96.1. The van der Waals surface area contributed by atoms with E-state index in [9.17, 15) is 28.8 Å². The van der Waals surface area contributed by atoms with Crippen molar-refractivity contribution in [2.45, 2.75) is 271 Å². The zero-order valence-corrected chi connectivity index (χ0v) is 49.9. The molecular formula is C65H132N2O8. The van der Waals surface area contributed by atoms with Crippen molar-refractivity contribution >= 4 is 40.4 Å². The predicted molar refractivity (Wildman–Crippen MR) is 339 cm³/mol. The van der Waals surface area contributed by atoms with Crippen LogP contribution < -0.4 is 10.6 Å². The molecule has 0 aliphatic heterocycles. The van der Waals surface area contributed by atoms with Gasteiger partial charge in [-0.2, -0.15) is 0 Å². The fourth-order valence-electron chi connectivity index (χ4n) is 4.74. The van der Waals surface area contributed by atoms with Gasteiger partial charge in [-0.05, 0) is 64.3 Å². The summed E-state index contributed by atoms with van der Waals surface area (Å²) in [5.74, 6) is 2.10. The Morgan fingerprint density at radius 2 is 0.987 bits per heavy atom. The van der Waals surface area contributed by atoms with Crippen LogP contribution in [0, 0.1) is 5.92 Å². The molecule has 450 valence electrons. The molecule has 1 aliphatic carbocycles. The van der Waals surface area contributed by atoms with Gasteiger partial charge in [0.05, 0.1) is 12.7 Å². The van der Waals surface area contributed by atoms with Crippen molar-refractivity contribution in [3.05, 3.63) is 78.4 Å². The summed E-state index contributed by atoms with van der Waals surface area (Å²) in [7, 11) is 0. The maximum absolute atomic E-state index is 11.2. The van der Waals surface area contributed by atoms with Crippen molar-refractivity contribution < 1.29 is 39.0 Å². The molecule has 1 unspecified atom stereocenters. The standard InChI is InChI=1S/C11H15NO.C9H16O.C9H10O.C6H13NO.C5H12O2.C5H8O.C5H10O.C3H8.4C2H6.4CH4/c1-2-11(13)8-9-12-10-6-4-3-5-7-10;2*1-2-9(10)8-6-4-3-5-7-8;1-3-7-5-4-6(2)8;1-2-3-5(7)4-6;1-4(2)5(3)6;1-3-5(6)4-2;1-3-2;4*1-2;;;;/h3-7,12H,2,8-9H2,1H3;8H,2-7H2,1H3;3-7H,2H2,1H3;7H,3-5H2,1-2H3;5-7H,2-4H2,1H3;1H2,2-3H3;3-4H2,1-2H3;3H2,1-2H3;4*1-2H3;4*1H4. The molecule has 1 saturated carbocycles. The van der Waals surface area contributed by atoms with Crippen LogP contribution in [-0.2, 0) is 24.0 Å². The summed E-state index contributed by atoms with van der Waals surface area (Å²) in [6, 6.07) is 19.3. The maximum atomic E-state index is 11.2. The van der Waals surface area contributed by atoms with E-state index < -0.39 is 6.10 Å². The lowest BCUT2D eigenvalue weighted by molar-refractivity contribution is -0.123. The molecule has 10 nitrogen and oxygen atoms in total. The monoisotopic (exact) mass is 1070 g/mol. The van der Waals surface area contributed by atoms with Crippen LogP contribution in [0.25, 0.3) is 0 Å². The molecule has 2 aromatic rings. The molecule has 4 N–H and O–H groups in total. The Balaban J connectivity index is -0.0000000528. The van der Waals surface area contributed by atoms with Gasteiger partial charge in [0, 0.05) is 75.2 Å². The third-order valence-electron chi connectivity index (χ3n) is 8.85. The number of anilines is 1. The Morgan fingerprint density at radius 1 is 0.587 bits per heavy atom. The molecule has 1 aliphatic rings. The Hall–Kier alpha value is -4.12. The van der Waals surface area contributed by atoms with E-state index in [1.54, 1.807) is 13.8 Å². The molecule has 0 aromatic heterocycles. The van der Waals surface area contributed by atoms with Crippen LogP contribution in [0.4, 0.5) is 5.69 Å². The molecule has 0 radical (unpaired) electrons. The van der Waals surface area contributed by atoms with Crippen LogP contribution in [-0.4, -0.2) is 77.3 Å². The second-order valence-corrected chi connectivity index (χ2v) is 15.0. The summed E-state index contributed by atoms with van der Waals surface area (Å²) in [5.41, 5.74) is 2.51. The first kappa shape index (κ1) is 103. The fourth-order valence-corrected chi connectivity index (χ4v) is 4.74. The minimum absolute atomic E-state index is 0. The number of allylic oxidation sites excluding steroid dienone is 1. The Morgan fingerprint density at radius 3 is 1.27 bits per heavy atom. The Labute approximate surface area is 469 Å². The molecule has 10 heteroatoms. The first-order valence-corrected chi connectivity index (χ1v) is 27.5. The number of hydrogen-bond donors (Lipinski definition) is 4.